The molecule has 57 heavy (non-hydrogen) atoms. The number of fused-ring (bicyclic) bond motifs is 1. The maximum absolute atomic E-state index is 15.3. The number of rotatable bonds is 22. The van der Waals surface area contributed by atoms with Crippen LogP contribution in [0.25, 0.3) is 22.2 Å². The zero-order valence-corrected chi connectivity index (χ0v) is 33.6. The van der Waals surface area contributed by atoms with Gasteiger partial charge in [0.2, 0.25) is 7.44 Å². The van der Waals surface area contributed by atoms with Gasteiger partial charge in [-0.05, 0) is 55.5 Å². The van der Waals surface area contributed by atoms with Gasteiger partial charge in [-0.3, -0.25) is 19.1 Å². The largest absolute Gasteiger partial charge is 0.497 e. The van der Waals surface area contributed by atoms with Crippen LogP contribution in [-0.4, -0.2) is 89.6 Å². The number of benzene rings is 3. The van der Waals surface area contributed by atoms with Crippen molar-refractivity contribution in [3.8, 4) is 22.9 Å². The lowest BCUT2D eigenvalue weighted by Crippen LogP contribution is -2.47. The van der Waals surface area contributed by atoms with Gasteiger partial charge in [-0.2, -0.15) is 5.26 Å². The fraction of sp³-hybridized carbons (Fsp3) is 0.357. The number of hydrogen-bond donors (Lipinski definition) is 3. The number of anilines is 1. The number of esters is 2. The molecule has 2 atom stereocenters. The molecular weight excluding hydrogens is 743 g/mol. The van der Waals surface area contributed by atoms with Crippen LogP contribution < -0.4 is 20.6 Å². The molecule has 0 unspecified atom stereocenters. The Bertz CT molecular complexity index is 2070. The maximum atomic E-state index is 15.3. The zero-order chi connectivity index (χ0) is 40.6. The summed E-state index contributed by atoms with van der Waals surface area (Å²) in [7, 11) is -2.20. The zero-order valence-electron chi connectivity index (χ0n) is 32.7. The van der Waals surface area contributed by atoms with Crippen molar-refractivity contribution in [1.29, 1.82) is 5.26 Å². The fourth-order valence-corrected chi connectivity index (χ4v) is 8.90. The number of nitrogens with two attached hydrogens (primary N) is 1. The molecule has 0 fully saturated rings. The average Bonchev–Trinajstić information content (AvgIpc) is 3.60. The molecule has 5 aromatic rings. The van der Waals surface area contributed by atoms with Crippen LogP contribution in [0.3, 0.4) is 0 Å². The van der Waals surface area contributed by atoms with E-state index in [4.69, 9.17) is 19.9 Å². The van der Waals surface area contributed by atoms with Gasteiger partial charge in [-0.15, -0.1) is 0 Å². The van der Waals surface area contributed by atoms with Crippen molar-refractivity contribution in [3.63, 3.8) is 0 Å². The lowest BCUT2D eigenvalue weighted by atomic mass is 10.1. The van der Waals surface area contributed by atoms with Crippen LogP contribution in [0.1, 0.15) is 31.4 Å². The van der Waals surface area contributed by atoms with E-state index in [0.717, 1.165) is 33.4 Å². The van der Waals surface area contributed by atoms with Gasteiger partial charge in [0.15, 0.2) is 0 Å². The van der Waals surface area contributed by atoms with Crippen LogP contribution in [0.15, 0.2) is 97.5 Å². The topological polar surface area (TPSA) is 187 Å². The molecule has 0 bridgehead atoms. The maximum Gasteiger partial charge on any atom is 0.323 e. The molecule has 0 saturated carbocycles. The van der Waals surface area contributed by atoms with Gasteiger partial charge in [0.1, 0.15) is 35.6 Å². The number of nitrogen functional groups attached to an aromatic ring is 1. The summed E-state index contributed by atoms with van der Waals surface area (Å²) in [6.45, 7) is 5.25. The third-order valence-electron chi connectivity index (χ3n) is 9.45. The second-order valence-corrected chi connectivity index (χ2v) is 15.8. The Hall–Kier alpha value is -5.58. The predicted molar refractivity (Wildman–Crippen MR) is 220 cm³/mol. The molecular formula is C42H51N8O6P. The van der Waals surface area contributed by atoms with Crippen molar-refractivity contribution in [1.82, 2.24) is 29.6 Å². The SMILES string of the molecule is CCOC(=O)[C@H](Cc1ccccc1)NP(=O)(CCN(CCC#N)CCn1cc(-c2ccc(OC)cc2)c2c(N)ncnc21)N[C@@H](Cc1ccccc1)C(=O)OCC. The van der Waals surface area contributed by atoms with Crippen LogP contribution in [-0.2, 0) is 43.0 Å². The summed E-state index contributed by atoms with van der Waals surface area (Å²) >= 11 is 0. The minimum atomic E-state index is -3.81. The molecule has 0 saturated heterocycles. The van der Waals surface area contributed by atoms with Crippen molar-refractivity contribution in [2.24, 2.45) is 0 Å². The van der Waals surface area contributed by atoms with Crippen LogP contribution in [0.5, 0.6) is 5.75 Å². The second kappa shape index (κ2) is 21.1. The molecule has 300 valence electrons. The van der Waals surface area contributed by atoms with Crippen LogP contribution in [0, 0.1) is 11.3 Å². The standard InChI is InChI=1S/C42H51N8O6P/c1-4-55-41(51)36(27-31-13-8-6-9-14-31)47-57(53,48-37(42(52)56-5-2)28-32-15-10-7-11-16-32)26-25-49(22-12-21-43)23-24-50-29-35(33-17-19-34(54-3)20-18-33)38-39(44)45-30-46-40(38)50/h6-11,13-20,29-30,36-37H,4-5,12,22-28H2,1-3H3,(H2,44,45,46)(H2,47,48,53)/t36-,37-/m0/s1. The summed E-state index contributed by atoms with van der Waals surface area (Å²) in [5.74, 6) is -0.0477. The van der Waals surface area contributed by atoms with Gasteiger partial charge in [-0.1, -0.05) is 72.8 Å². The Morgan fingerprint density at radius 2 is 1.44 bits per heavy atom. The van der Waals surface area contributed by atoms with Gasteiger partial charge in [0.05, 0.1) is 31.8 Å². The lowest BCUT2D eigenvalue weighted by molar-refractivity contribution is -0.145. The fourth-order valence-electron chi connectivity index (χ4n) is 6.60. The first-order valence-electron chi connectivity index (χ1n) is 19.1. The minimum Gasteiger partial charge on any atom is -0.497 e. The molecule has 0 amide bonds. The molecule has 0 aliphatic heterocycles. The van der Waals surface area contributed by atoms with Crippen molar-refractivity contribution >= 4 is 36.2 Å². The highest BCUT2D eigenvalue weighted by Gasteiger charge is 2.35. The molecule has 0 aliphatic carbocycles. The van der Waals surface area contributed by atoms with Gasteiger partial charge in [0, 0.05) is 50.5 Å². The number of carbonyl (C=O) groups is 2. The predicted octanol–water partition coefficient (Wildman–Crippen LogP) is 5.63. The summed E-state index contributed by atoms with van der Waals surface area (Å²) < 4.78 is 33.6. The first kappa shape index (κ1) is 42.6. The summed E-state index contributed by atoms with van der Waals surface area (Å²) in [4.78, 5) is 37.7. The van der Waals surface area contributed by atoms with E-state index in [2.05, 4.69) is 26.2 Å². The highest BCUT2D eigenvalue weighted by atomic mass is 31.2. The Balaban J connectivity index is 1.44. The molecule has 5 rings (SSSR count). The molecule has 3 aromatic carbocycles. The van der Waals surface area contributed by atoms with Crippen molar-refractivity contribution < 1.29 is 28.4 Å². The van der Waals surface area contributed by atoms with Gasteiger partial charge in [-0.25, -0.2) is 20.1 Å². The van der Waals surface area contributed by atoms with E-state index in [1.165, 1.54) is 6.33 Å². The van der Waals surface area contributed by atoms with Crippen molar-refractivity contribution in [2.75, 3.05) is 51.9 Å². The number of nitrogens with zero attached hydrogens (tertiary/aromatic N) is 5. The summed E-state index contributed by atoms with van der Waals surface area (Å²) in [6.07, 6.45) is 4.05. The first-order chi connectivity index (χ1) is 27.7. The first-order valence-corrected chi connectivity index (χ1v) is 20.9. The monoisotopic (exact) mass is 794 g/mol. The van der Waals surface area contributed by atoms with Gasteiger partial charge in [0.25, 0.3) is 0 Å². The Kier molecular flexibility index (Phi) is 15.7. The summed E-state index contributed by atoms with van der Waals surface area (Å²) in [5, 5.41) is 16.6. The van der Waals surface area contributed by atoms with E-state index in [1.54, 1.807) is 21.0 Å². The number of nitrogens with one attached hydrogen (secondary N) is 2. The van der Waals surface area contributed by atoms with E-state index in [-0.39, 0.29) is 45.2 Å². The molecule has 0 aliphatic rings. The van der Waals surface area contributed by atoms with E-state index in [0.29, 0.717) is 31.1 Å². The van der Waals surface area contributed by atoms with Crippen molar-refractivity contribution in [3.05, 3.63) is 109 Å². The molecule has 0 radical (unpaired) electrons. The number of aromatic nitrogens is 3. The van der Waals surface area contributed by atoms with Crippen LogP contribution in [0.2, 0.25) is 0 Å². The third kappa shape index (κ3) is 12.0. The Labute approximate surface area is 333 Å². The Morgan fingerprint density at radius 1 is 0.860 bits per heavy atom. The van der Waals surface area contributed by atoms with E-state index in [1.807, 2.05) is 101 Å². The number of nitriles is 1. The molecule has 2 heterocycles. The number of ether oxygens (including phenoxy) is 3. The van der Waals surface area contributed by atoms with E-state index in [9.17, 15) is 14.9 Å². The quantitative estimate of drug-likeness (QED) is 0.0579. The normalized spacial score (nSPS) is 12.5. The molecule has 15 heteroatoms. The molecule has 0 spiro atoms. The smallest absolute Gasteiger partial charge is 0.323 e. The number of methoxy groups -OCH3 is 1. The molecule has 2 aromatic heterocycles. The van der Waals surface area contributed by atoms with Gasteiger partial charge < -0.3 is 24.5 Å². The molecule has 4 N–H and O–H groups in total. The third-order valence-corrected chi connectivity index (χ3v) is 11.7. The second-order valence-electron chi connectivity index (χ2n) is 13.4. The van der Waals surface area contributed by atoms with Gasteiger partial charge >= 0.3 is 11.9 Å². The van der Waals surface area contributed by atoms with E-state index >= 15 is 4.57 Å². The van der Waals surface area contributed by atoms with Crippen molar-refractivity contribution in [2.45, 2.75) is 51.7 Å². The van der Waals surface area contributed by atoms with E-state index < -0.39 is 31.5 Å². The Morgan fingerprint density at radius 3 is 1.96 bits per heavy atom. The highest BCUT2D eigenvalue weighted by molar-refractivity contribution is 7.60. The van der Waals surface area contributed by atoms with Crippen LogP contribution in [0.4, 0.5) is 5.82 Å². The summed E-state index contributed by atoms with van der Waals surface area (Å²) in [5.41, 5.74) is 10.5. The number of carbonyl (C=O) groups excluding carboxylic acids is 2. The number of hydrogen-bond acceptors (Lipinski definition) is 11. The summed E-state index contributed by atoms with van der Waals surface area (Å²) in [6, 6.07) is 26.7. The molecule has 14 nitrogen and oxygen atoms in total. The average molecular weight is 795 g/mol. The highest BCUT2D eigenvalue weighted by Crippen LogP contribution is 2.39. The lowest BCUT2D eigenvalue weighted by Gasteiger charge is -2.31. The minimum absolute atomic E-state index is 0.00641. The van der Waals surface area contributed by atoms with Crippen LogP contribution >= 0.6 is 7.44 Å².